The van der Waals surface area contributed by atoms with Crippen molar-refractivity contribution in [1.29, 1.82) is 0 Å². The number of nitro groups is 1. The molecule has 2 aromatic carbocycles. The fourth-order valence-corrected chi connectivity index (χ4v) is 3.49. The quantitative estimate of drug-likeness (QED) is 0.613. The van der Waals surface area contributed by atoms with Crippen molar-refractivity contribution in [3.63, 3.8) is 0 Å². The lowest BCUT2D eigenvalue weighted by atomic mass is 10.1. The van der Waals surface area contributed by atoms with Crippen LogP contribution in [-0.2, 0) is 6.54 Å². The molecule has 132 valence electrons. The SMILES string of the molecule is CC(c1cccc([N+](=O)[O-])c1)N1CCCN(Cc2ccccc2)CC1. The number of hydrogen-bond donors (Lipinski definition) is 0. The van der Waals surface area contributed by atoms with Crippen LogP contribution in [0.3, 0.4) is 0 Å². The zero-order valence-corrected chi connectivity index (χ0v) is 14.7. The second-order valence-corrected chi connectivity index (χ2v) is 6.68. The van der Waals surface area contributed by atoms with Gasteiger partial charge in [-0.15, -0.1) is 0 Å². The van der Waals surface area contributed by atoms with E-state index in [-0.39, 0.29) is 16.7 Å². The standard InChI is InChI=1S/C20H25N3O2/c1-17(19-9-5-10-20(15-19)23(24)25)22-12-6-11-21(13-14-22)16-18-7-3-2-4-8-18/h2-5,7-10,15,17H,6,11-14,16H2,1H3. The van der Waals surface area contributed by atoms with Crippen molar-refractivity contribution in [2.24, 2.45) is 0 Å². The first-order chi connectivity index (χ1) is 12.1. The van der Waals surface area contributed by atoms with Crippen LogP contribution < -0.4 is 0 Å². The lowest BCUT2D eigenvalue weighted by molar-refractivity contribution is -0.384. The molecule has 1 heterocycles. The van der Waals surface area contributed by atoms with Crippen LogP contribution in [0.2, 0.25) is 0 Å². The summed E-state index contributed by atoms with van der Waals surface area (Å²) in [6.07, 6.45) is 1.12. The van der Waals surface area contributed by atoms with Gasteiger partial charge in [-0.25, -0.2) is 0 Å². The van der Waals surface area contributed by atoms with Crippen LogP contribution in [-0.4, -0.2) is 40.9 Å². The highest BCUT2D eigenvalue weighted by atomic mass is 16.6. The van der Waals surface area contributed by atoms with Gasteiger partial charge in [0.1, 0.15) is 0 Å². The lowest BCUT2D eigenvalue weighted by Gasteiger charge is -2.28. The summed E-state index contributed by atoms with van der Waals surface area (Å²) in [4.78, 5) is 15.6. The van der Waals surface area contributed by atoms with Crippen LogP contribution in [0, 0.1) is 10.1 Å². The first-order valence-corrected chi connectivity index (χ1v) is 8.88. The molecule has 3 rings (SSSR count). The molecule has 0 amide bonds. The zero-order valence-electron chi connectivity index (χ0n) is 14.7. The van der Waals surface area contributed by atoms with E-state index in [1.807, 2.05) is 12.1 Å². The summed E-state index contributed by atoms with van der Waals surface area (Å²) in [5, 5.41) is 11.0. The van der Waals surface area contributed by atoms with Crippen molar-refractivity contribution in [1.82, 2.24) is 9.80 Å². The summed E-state index contributed by atoms with van der Waals surface area (Å²) in [5.41, 5.74) is 2.54. The lowest BCUT2D eigenvalue weighted by Crippen LogP contribution is -2.32. The molecule has 0 spiro atoms. The molecule has 1 aliphatic rings. The van der Waals surface area contributed by atoms with Gasteiger partial charge in [0.05, 0.1) is 4.92 Å². The molecular formula is C20H25N3O2. The fourth-order valence-electron chi connectivity index (χ4n) is 3.49. The third-order valence-corrected chi connectivity index (χ3v) is 4.98. The average molecular weight is 339 g/mol. The minimum Gasteiger partial charge on any atom is -0.298 e. The average Bonchev–Trinajstić information content (AvgIpc) is 2.87. The Balaban J connectivity index is 1.62. The molecule has 0 saturated carbocycles. The molecule has 0 N–H and O–H groups in total. The number of nitrogens with zero attached hydrogens (tertiary/aromatic N) is 3. The maximum absolute atomic E-state index is 11.0. The number of benzene rings is 2. The molecule has 0 bridgehead atoms. The molecule has 1 saturated heterocycles. The van der Waals surface area contributed by atoms with Gasteiger partial charge in [0.15, 0.2) is 0 Å². The van der Waals surface area contributed by atoms with Gasteiger partial charge in [-0.1, -0.05) is 42.5 Å². The monoisotopic (exact) mass is 339 g/mol. The third-order valence-electron chi connectivity index (χ3n) is 4.98. The predicted molar refractivity (Wildman–Crippen MR) is 99.4 cm³/mol. The molecule has 25 heavy (non-hydrogen) atoms. The Morgan fingerprint density at radius 3 is 2.60 bits per heavy atom. The van der Waals surface area contributed by atoms with Crippen LogP contribution in [0.1, 0.15) is 30.5 Å². The number of hydrogen-bond acceptors (Lipinski definition) is 4. The third kappa shape index (κ3) is 4.65. The molecule has 2 aromatic rings. The van der Waals surface area contributed by atoms with Crippen molar-refractivity contribution >= 4 is 5.69 Å². The molecule has 5 nitrogen and oxygen atoms in total. The van der Waals surface area contributed by atoms with E-state index >= 15 is 0 Å². The molecule has 1 unspecified atom stereocenters. The largest absolute Gasteiger partial charge is 0.298 e. The summed E-state index contributed by atoms with van der Waals surface area (Å²) in [5.74, 6) is 0. The van der Waals surface area contributed by atoms with E-state index in [0.29, 0.717) is 0 Å². The summed E-state index contributed by atoms with van der Waals surface area (Å²) < 4.78 is 0. The Morgan fingerprint density at radius 2 is 1.84 bits per heavy atom. The van der Waals surface area contributed by atoms with Crippen molar-refractivity contribution < 1.29 is 4.92 Å². The van der Waals surface area contributed by atoms with Gasteiger partial charge < -0.3 is 0 Å². The van der Waals surface area contributed by atoms with Crippen molar-refractivity contribution in [2.45, 2.75) is 25.9 Å². The second kappa shape index (κ2) is 8.23. The van der Waals surface area contributed by atoms with Crippen LogP contribution in [0.25, 0.3) is 0 Å². The van der Waals surface area contributed by atoms with E-state index in [2.05, 4.69) is 41.0 Å². The molecule has 0 radical (unpaired) electrons. The minimum absolute atomic E-state index is 0.171. The van der Waals surface area contributed by atoms with Crippen LogP contribution in [0.5, 0.6) is 0 Å². The Bertz CT molecular complexity index is 705. The Hall–Kier alpha value is -2.24. The van der Waals surface area contributed by atoms with E-state index in [0.717, 1.165) is 44.7 Å². The molecule has 5 heteroatoms. The highest BCUT2D eigenvalue weighted by Crippen LogP contribution is 2.25. The van der Waals surface area contributed by atoms with Gasteiger partial charge in [-0.05, 0) is 31.0 Å². The van der Waals surface area contributed by atoms with Gasteiger partial charge in [0.2, 0.25) is 0 Å². The molecular weight excluding hydrogens is 314 g/mol. The van der Waals surface area contributed by atoms with Crippen LogP contribution in [0.15, 0.2) is 54.6 Å². The van der Waals surface area contributed by atoms with Crippen molar-refractivity contribution in [3.8, 4) is 0 Å². The Labute approximate surface area is 149 Å². The number of nitro benzene ring substituents is 1. The van der Waals surface area contributed by atoms with Crippen molar-refractivity contribution in [3.05, 3.63) is 75.8 Å². The molecule has 0 aliphatic carbocycles. The highest BCUT2D eigenvalue weighted by molar-refractivity contribution is 5.35. The number of rotatable bonds is 5. The fraction of sp³-hybridized carbons (Fsp3) is 0.400. The summed E-state index contributed by atoms with van der Waals surface area (Å²) >= 11 is 0. The Kier molecular flexibility index (Phi) is 5.79. The molecule has 1 atom stereocenters. The van der Waals surface area contributed by atoms with E-state index in [4.69, 9.17) is 0 Å². The van der Waals surface area contributed by atoms with Gasteiger partial charge in [-0.3, -0.25) is 19.9 Å². The van der Waals surface area contributed by atoms with E-state index < -0.39 is 0 Å². The smallest absolute Gasteiger partial charge is 0.269 e. The van der Waals surface area contributed by atoms with Gasteiger partial charge in [0, 0.05) is 44.4 Å². The van der Waals surface area contributed by atoms with E-state index in [9.17, 15) is 10.1 Å². The summed E-state index contributed by atoms with van der Waals surface area (Å²) in [7, 11) is 0. The predicted octanol–water partition coefficient (Wildman–Crippen LogP) is 3.86. The minimum atomic E-state index is -0.319. The number of non-ortho nitro benzene ring substituents is 1. The zero-order chi connectivity index (χ0) is 17.6. The molecule has 1 aliphatic heterocycles. The topological polar surface area (TPSA) is 49.6 Å². The van der Waals surface area contributed by atoms with Crippen LogP contribution in [0.4, 0.5) is 5.69 Å². The Morgan fingerprint density at radius 1 is 1.04 bits per heavy atom. The first-order valence-electron chi connectivity index (χ1n) is 8.88. The maximum atomic E-state index is 11.0. The van der Waals surface area contributed by atoms with Crippen LogP contribution >= 0.6 is 0 Å². The summed E-state index contributed by atoms with van der Waals surface area (Å²) in [6.45, 7) is 7.25. The highest BCUT2D eigenvalue weighted by Gasteiger charge is 2.21. The van der Waals surface area contributed by atoms with Gasteiger partial charge >= 0.3 is 0 Å². The van der Waals surface area contributed by atoms with Gasteiger partial charge in [0.25, 0.3) is 5.69 Å². The van der Waals surface area contributed by atoms with E-state index in [1.54, 1.807) is 18.2 Å². The normalized spacial score (nSPS) is 17.8. The van der Waals surface area contributed by atoms with E-state index in [1.165, 1.54) is 5.56 Å². The first kappa shape index (κ1) is 17.6. The molecule has 1 fully saturated rings. The maximum Gasteiger partial charge on any atom is 0.269 e. The summed E-state index contributed by atoms with van der Waals surface area (Å²) in [6, 6.07) is 17.8. The van der Waals surface area contributed by atoms with Gasteiger partial charge in [-0.2, -0.15) is 0 Å². The second-order valence-electron chi connectivity index (χ2n) is 6.68. The molecule has 0 aromatic heterocycles. The van der Waals surface area contributed by atoms with Crippen molar-refractivity contribution in [2.75, 3.05) is 26.2 Å².